The first kappa shape index (κ1) is 14.6. The van der Waals surface area contributed by atoms with Crippen LogP contribution in [0.5, 0.6) is 0 Å². The van der Waals surface area contributed by atoms with E-state index in [0.717, 1.165) is 0 Å². The summed E-state index contributed by atoms with van der Waals surface area (Å²) in [6, 6.07) is 4.34. The number of hydrogen-bond acceptors (Lipinski definition) is 4. The van der Waals surface area contributed by atoms with Crippen LogP contribution in [0.3, 0.4) is 0 Å². The molecule has 0 aromatic heterocycles. The van der Waals surface area contributed by atoms with Crippen molar-refractivity contribution in [3.8, 4) is 0 Å². The zero-order chi connectivity index (χ0) is 14.4. The average molecular weight is 265 g/mol. The molecule has 0 saturated carbocycles. The lowest BCUT2D eigenvalue weighted by atomic mass is 10.1. The highest BCUT2D eigenvalue weighted by Gasteiger charge is 2.17. The van der Waals surface area contributed by atoms with Crippen LogP contribution in [0.1, 0.15) is 22.8 Å². The molecule has 0 unspecified atom stereocenters. The van der Waals surface area contributed by atoms with Crippen LogP contribution in [0.4, 0.5) is 5.69 Å². The van der Waals surface area contributed by atoms with Crippen molar-refractivity contribution in [2.45, 2.75) is 13.8 Å². The van der Waals surface area contributed by atoms with Gasteiger partial charge in [0.15, 0.2) is 0 Å². The Morgan fingerprint density at radius 3 is 2.47 bits per heavy atom. The lowest BCUT2D eigenvalue weighted by molar-refractivity contribution is -0.385. The van der Waals surface area contributed by atoms with Crippen LogP contribution in [0, 0.1) is 17.0 Å². The summed E-state index contributed by atoms with van der Waals surface area (Å²) in [7, 11) is 0. The molecule has 0 radical (unpaired) electrons. The zero-order valence-electron chi connectivity index (χ0n) is 10.7. The fourth-order valence-corrected chi connectivity index (χ4v) is 1.58. The number of rotatable bonds is 5. The van der Waals surface area contributed by atoms with Gasteiger partial charge in [0.2, 0.25) is 5.91 Å². The van der Waals surface area contributed by atoms with Crippen LogP contribution in [0.2, 0.25) is 0 Å². The van der Waals surface area contributed by atoms with Gasteiger partial charge < -0.3 is 10.6 Å². The van der Waals surface area contributed by atoms with Gasteiger partial charge in [-0.3, -0.25) is 19.7 Å². The summed E-state index contributed by atoms with van der Waals surface area (Å²) in [5.74, 6) is -0.577. The number of carbonyl (C=O) groups is 2. The summed E-state index contributed by atoms with van der Waals surface area (Å²) < 4.78 is 0. The normalized spacial score (nSPS) is 9.79. The van der Waals surface area contributed by atoms with Crippen LogP contribution >= 0.6 is 0 Å². The van der Waals surface area contributed by atoms with Gasteiger partial charge in [-0.15, -0.1) is 0 Å². The number of amides is 2. The predicted molar refractivity (Wildman–Crippen MR) is 68.9 cm³/mol. The van der Waals surface area contributed by atoms with Gasteiger partial charge in [-0.2, -0.15) is 0 Å². The zero-order valence-corrected chi connectivity index (χ0v) is 10.7. The predicted octanol–water partition coefficient (Wildman–Crippen LogP) is 0.769. The second kappa shape index (κ2) is 6.48. The first-order chi connectivity index (χ1) is 8.93. The van der Waals surface area contributed by atoms with Gasteiger partial charge in [0.1, 0.15) is 0 Å². The standard InChI is InChI=1S/C12H15N3O4/c1-8-10(4-3-5-11(8)15(18)19)12(17)14-7-6-13-9(2)16/h3-5H,6-7H2,1-2H3,(H,13,16)(H,14,17). The highest BCUT2D eigenvalue weighted by Crippen LogP contribution is 2.20. The molecule has 1 aromatic rings. The van der Waals surface area contributed by atoms with E-state index < -0.39 is 10.8 Å². The number of hydrogen-bond donors (Lipinski definition) is 2. The van der Waals surface area contributed by atoms with Gasteiger partial charge in [0, 0.05) is 37.2 Å². The largest absolute Gasteiger partial charge is 0.355 e. The van der Waals surface area contributed by atoms with E-state index in [4.69, 9.17) is 0 Å². The van der Waals surface area contributed by atoms with Gasteiger partial charge in [-0.25, -0.2) is 0 Å². The highest BCUT2D eigenvalue weighted by molar-refractivity contribution is 5.96. The van der Waals surface area contributed by atoms with Crippen molar-refractivity contribution in [1.82, 2.24) is 10.6 Å². The molecule has 0 aliphatic heterocycles. The number of nitro benzene ring substituents is 1. The maximum Gasteiger partial charge on any atom is 0.273 e. The SMILES string of the molecule is CC(=O)NCCNC(=O)c1cccc([N+](=O)[O-])c1C. The maximum atomic E-state index is 11.8. The minimum Gasteiger partial charge on any atom is -0.355 e. The van der Waals surface area contributed by atoms with E-state index in [9.17, 15) is 19.7 Å². The first-order valence-corrected chi connectivity index (χ1v) is 5.70. The molecule has 7 nitrogen and oxygen atoms in total. The molecular weight excluding hydrogens is 250 g/mol. The molecule has 1 aromatic carbocycles. The number of benzene rings is 1. The van der Waals surface area contributed by atoms with Crippen molar-refractivity contribution in [3.05, 3.63) is 39.4 Å². The second-order valence-electron chi connectivity index (χ2n) is 3.95. The van der Waals surface area contributed by atoms with Crippen LogP contribution in [0.15, 0.2) is 18.2 Å². The molecule has 7 heteroatoms. The summed E-state index contributed by atoms with van der Waals surface area (Å²) >= 11 is 0. The van der Waals surface area contributed by atoms with E-state index >= 15 is 0 Å². The Hall–Kier alpha value is -2.44. The Morgan fingerprint density at radius 1 is 1.26 bits per heavy atom. The third-order valence-electron chi connectivity index (χ3n) is 2.53. The van der Waals surface area contributed by atoms with Crippen molar-refractivity contribution >= 4 is 17.5 Å². The lowest BCUT2D eigenvalue weighted by Crippen LogP contribution is -2.33. The van der Waals surface area contributed by atoms with E-state index in [2.05, 4.69) is 10.6 Å². The van der Waals surface area contributed by atoms with Crippen LogP contribution < -0.4 is 10.6 Å². The molecule has 0 heterocycles. The van der Waals surface area contributed by atoms with E-state index in [0.29, 0.717) is 12.1 Å². The molecule has 0 spiro atoms. The van der Waals surface area contributed by atoms with Crippen LogP contribution in [-0.4, -0.2) is 29.8 Å². The average Bonchev–Trinajstić information content (AvgIpc) is 2.34. The Labute approximate surface area is 110 Å². The molecule has 0 fully saturated rings. The topological polar surface area (TPSA) is 101 Å². The number of nitrogens with zero attached hydrogens (tertiary/aromatic N) is 1. The number of nitrogens with one attached hydrogen (secondary N) is 2. The number of nitro groups is 1. The molecular formula is C12H15N3O4. The summed E-state index contributed by atoms with van der Waals surface area (Å²) in [5.41, 5.74) is 0.496. The lowest BCUT2D eigenvalue weighted by Gasteiger charge is -2.08. The summed E-state index contributed by atoms with van der Waals surface area (Å²) in [6.07, 6.45) is 0. The smallest absolute Gasteiger partial charge is 0.273 e. The first-order valence-electron chi connectivity index (χ1n) is 5.70. The molecule has 0 saturated heterocycles. The fourth-order valence-electron chi connectivity index (χ4n) is 1.58. The van der Waals surface area contributed by atoms with Crippen LogP contribution in [-0.2, 0) is 4.79 Å². The van der Waals surface area contributed by atoms with Crippen LogP contribution in [0.25, 0.3) is 0 Å². The Bertz CT molecular complexity index is 514. The second-order valence-corrected chi connectivity index (χ2v) is 3.95. The molecule has 19 heavy (non-hydrogen) atoms. The summed E-state index contributed by atoms with van der Waals surface area (Å²) in [5, 5.41) is 15.9. The minimum atomic E-state index is -0.524. The van der Waals surface area contributed by atoms with Crippen molar-refractivity contribution in [1.29, 1.82) is 0 Å². The molecule has 1 rings (SSSR count). The van der Waals surface area contributed by atoms with Gasteiger partial charge in [-0.1, -0.05) is 6.07 Å². The van der Waals surface area contributed by atoms with Crippen molar-refractivity contribution in [2.75, 3.05) is 13.1 Å². The Balaban J connectivity index is 2.70. The molecule has 0 bridgehead atoms. The Kier molecular flexibility index (Phi) is 4.99. The van der Waals surface area contributed by atoms with E-state index in [1.807, 2.05) is 0 Å². The monoisotopic (exact) mass is 265 g/mol. The summed E-state index contributed by atoms with van der Waals surface area (Å²) in [6.45, 7) is 3.49. The number of carbonyl (C=O) groups excluding carboxylic acids is 2. The van der Waals surface area contributed by atoms with E-state index in [-0.39, 0.29) is 23.7 Å². The molecule has 0 aliphatic rings. The summed E-state index contributed by atoms with van der Waals surface area (Å²) in [4.78, 5) is 32.7. The molecule has 0 atom stereocenters. The third kappa shape index (κ3) is 4.06. The van der Waals surface area contributed by atoms with Gasteiger partial charge in [0.25, 0.3) is 11.6 Å². The molecule has 2 amide bonds. The third-order valence-corrected chi connectivity index (χ3v) is 2.53. The maximum absolute atomic E-state index is 11.8. The molecule has 102 valence electrons. The fraction of sp³-hybridized carbons (Fsp3) is 0.333. The molecule has 0 aliphatic carbocycles. The Morgan fingerprint density at radius 2 is 1.89 bits per heavy atom. The van der Waals surface area contributed by atoms with E-state index in [1.54, 1.807) is 0 Å². The highest BCUT2D eigenvalue weighted by atomic mass is 16.6. The van der Waals surface area contributed by atoms with Gasteiger partial charge in [0.05, 0.1) is 4.92 Å². The van der Waals surface area contributed by atoms with Crippen molar-refractivity contribution < 1.29 is 14.5 Å². The van der Waals surface area contributed by atoms with Gasteiger partial charge >= 0.3 is 0 Å². The molecule has 2 N–H and O–H groups in total. The van der Waals surface area contributed by atoms with Crippen molar-refractivity contribution in [3.63, 3.8) is 0 Å². The van der Waals surface area contributed by atoms with E-state index in [1.165, 1.54) is 32.0 Å². The van der Waals surface area contributed by atoms with Crippen molar-refractivity contribution in [2.24, 2.45) is 0 Å². The quantitative estimate of drug-likeness (QED) is 0.466. The minimum absolute atomic E-state index is 0.0884. The van der Waals surface area contributed by atoms with Gasteiger partial charge in [-0.05, 0) is 13.0 Å².